The van der Waals surface area contributed by atoms with Gasteiger partial charge in [-0.05, 0) is 13.3 Å². The van der Waals surface area contributed by atoms with Crippen LogP contribution in [-0.4, -0.2) is 22.3 Å². The van der Waals surface area contributed by atoms with E-state index in [2.05, 4.69) is 49.9 Å². The van der Waals surface area contributed by atoms with E-state index >= 15 is 0 Å². The Bertz CT molecular complexity index is 377. The second-order valence-corrected chi connectivity index (χ2v) is 6.03. The van der Waals surface area contributed by atoms with E-state index in [0.717, 1.165) is 28.7 Å². The molecule has 0 aliphatic heterocycles. The van der Waals surface area contributed by atoms with E-state index in [-0.39, 0.29) is 0 Å². The second-order valence-electron chi connectivity index (χ2n) is 4.60. The molecule has 0 amide bonds. The van der Waals surface area contributed by atoms with Gasteiger partial charge in [0.15, 0.2) is 0 Å². The van der Waals surface area contributed by atoms with Gasteiger partial charge in [0.1, 0.15) is 16.7 Å². The maximum absolute atomic E-state index is 4.68. The van der Waals surface area contributed by atoms with Crippen molar-refractivity contribution in [2.24, 2.45) is 0 Å². The van der Waals surface area contributed by atoms with Crippen molar-refractivity contribution < 1.29 is 0 Å². The van der Waals surface area contributed by atoms with Gasteiger partial charge in [0, 0.05) is 23.8 Å². The highest BCUT2D eigenvalue weighted by Gasteiger charge is 2.14. The minimum absolute atomic E-state index is 0.360. The van der Waals surface area contributed by atoms with Crippen LogP contribution in [0.1, 0.15) is 51.4 Å². The number of hydrogen-bond donors (Lipinski definition) is 1. The standard InChI is InChI=1S/C13H23N3S/c1-7-9(4)17-13-10(5)12(14-6)15-11(16-13)8(2)3/h8-9H,7H2,1-6H3,(H,14,15,16). The third kappa shape index (κ3) is 3.60. The van der Waals surface area contributed by atoms with E-state index in [1.807, 2.05) is 18.8 Å². The first-order valence-electron chi connectivity index (χ1n) is 6.22. The summed E-state index contributed by atoms with van der Waals surface area (Å²) >= 11 is 1.84. The van der Waals surface area contributed by atoms with Gasteiger partial charge >= 0.3 is 0 Å². The molecule has 1 aromatic rings. The summed E-state index contributed by atoms with van der Waals surface area (Å²) in [6, 6.07) is 0. The Labute approximate surface area is 109 Å². The molecule has 1 aromatic heterocycles. The molecule has 3 nitrogen and oxygen atoms in total. The molecule has 17 heavy (non-hydrogen) atoms. The number of anilines is 1. The van der Waals surface area contributed by atoms with Gasteiger partial charge in [0.2, 0.25) is 0 Å². The van der Waals surface area contributed by atoms with Crippen LogP contribution in [-0.2, 0) is 0 Å². The highest BCUT2D eigenvalue weighted by atomic mass is 32.2. The molecule has 1 N–H and O–H groups in total. The minimum Gasteiger partial charge on any atom is -0.373 e. The first-order chi connectivity index (χ1) is 7.99. The summed E-state index contributed by atoms with van der Waals surface area (Å²) in [4.78, 5) is 9.23. The van der Waals surface area contributed by atoms with E-state index in [9.17, 15) is 0 Å². The molecule has 0 fully saturated rings. The third-order valence-electron chi connectivity index (χ3n) is 2.76. The number of aromatic nitrogens is 2. The zero-order valence-corrected chi connectivity index (χ0v) is 12.5. The lowest BCUT2D eigenvalue weighted by molar-refractivity contribution is 0.748. The first kappa shape index (κ1) is 14.3. The minimum atomic E-state index is 0.360. The van der Waals surface area contributed by atoms with E-state index < -0.39 is 0 Å². The molecule has 0 bridgehead atoms. The molecular formula is C13H23N3S. The summed E-state index contributed by atoms with van der Waals surface area (Å²) in [5.41, 5.74) is 1.15. The largest absolute Gasteiger partial charge is 0.373 e. The lowest BCUT2D eigenvalue weighted by atomic mass is 10.2. The van der Waals surface area contributed by atoms with E-state index in [0.29, 0.717) is 11.2 Å². The highest BCUT2D eigenvalue weighted by Crippen LogP contribution is 2.30. The number of rotatable bonds is 5. The summed E-state index contributed by atoms with van der Waals surface area (Å²) in [6.07, 6.45) is 1.15. The number of thioether (sulfide) groups is 1. The van der Waals surface area contributed by atoms with Crippen molar-refractivity contribution in [2.75, 3.05) is 12.4 Å². The van der Waals surface area contributed by atoms with E-state index in [4.69, 9.17) is 0 Å². The molecular weight excluding hydrogens is 230 g/mol. The van der Waals surface area contributed by atoms with Crippen molar-refractivity contribution in [1.82, 2.24) is 9.97 Å². The molecule has 1 rings (SSSR count). The lowest BCUT2D eigenvalue weighted by Crippen LogP contribution is -2.07. The third-order valence-corrected chi connectivity index (χ3v) is 4.12. The molecule has 0 saturated heterocycles. The summed E-state index contributed by atoms with van der Waals surface area (Å²) in [5.74, 6) is 2.24. The monoisotopic (exact) mass is 253 g/mol. The lowest BCUT2D eigenvalue weighted by Gasteiger charge is -2.15. The van der Waals surface area contributed by atoms with Crippen molar-refractivity contribution in [2.45, 2.75) is 57.2 Å². The highest BCUT2D eigenvalue weighted by molar-refractivity contribution is 7.99. The smallest absolute Gasteiger partial charge is 0.134 e. The van der Waals surface area contributed by atoms with Crippen LogP contribution >= 0.6 is 11.8 Å². The van der Waals surface area contributed by atoms with Gasteiger partial charge in [0.25, 0.3) is 0 Å². The average molecular weight is 253 g/mol. The zero-order chi connectivity index (χ0) is 13.0. The van der Waals surface area contributed by atoms with Gasteiger partial charge in [0.05, 0.1) is 0 Å². The van der Waals surface area contributed by atoms with Gasteiger partial charge in [-0.25, -0.2) is 9.97 Å². The summed E-state index contributed by atoms with van der Waals surface area (Å²) in [5, 5.41) is 4.86. The molecule has 0 saturated carbocycles. The Kier molecular flexibility index (Phi) is 5.25. The van der Waals surface area contributed by atoms with Crippen molar-refractivity contribution in [1.29, 1.82) is 0 Å². The molecule has 0 aliphatic rings. The van der Waals surface area contributed by atoms with Crippen molar-refractivity contribution in [3.05, 3.63) is 11.4 Å². The predicted molar refractivity (Wildman–Crippen MR) is 76.0 cm³/mol. The maximum Gasteiger partial charge on any atom is 0.134 e. The van der Waals surface area contributed by atoms with Crippen LogP contribution < -0.4 is 5.32 Å². The fourth-order valence-corrected chi connectivity index (χ4v) is 2.37. The van der Waals surface area contributed by atoms with Crippen LogP contribution in [0.4, 0.5) is 5.82 Å². The van der Waals surface area contributed by atoms with Crippen molar-refractivity contribution in [3.63, 3.8) is 0 Å². The number of nitrogens with one attached hydrogen (secondary N) is 1. The molecule has 96 valence electrons. The van der Waals surface area contributed by atoms with Crippen molar-refractivity contribution >= 4 is 17.6 Å². The molecule has 4 heteroatoms. The SMILES string of the molecule is CCC(C)Sc1nc(C(C)C)nc(NC)c1C. The van der Waals surface area contributed by atoms with Crippen LogP contribution in [0.3, 0.4) is 0 Å². The number of nitrogens with zero attached hydrogens (tertiary/aromatic N) is 2. The first-order valence-corrected chi connectivity index (χ1v) is 7.10. The summed E-state index contributed by atoms with van der Waals surface area (Å²) in [7, 11) is 1.91. The molecule has 0 spiro atoms. The maximum atomic E-state index is 4.68. The van der Waals surface area contributed by atoms with Crippen molar-refractivity contribution in [3.8, 4) is 0 Å². The molecule has 0 radical (unpaired) electrons. The summed E-state index contributed by atoms with van der Waals surface area (Å²) < 4.78 is 0. The van der Waals surface area contributed by atoms with Gasteiger partial charge in [-0.1, -0.05) is 27.7 Å². The Morgan fingerprint density at radius 1 is 1.24 bits per heavy atom. The van der Waals surface area contributed by atoms with Crippen LogP contribution in [0, 0.1) is 6.92 Å². The topological polar surface area (TPSA) is 37.8 Å². The molecule has 1 atom stereocenters. The Balaban J connectivity index is 3.13. The van der Waals surface area contributed by atoms with Gasteiger partial charge in [-0.3, -0.25) is 0 Å². The Morgan fingerprint density at radius 2 is 1.88 bits per heavy atom. The molecule has 0 aromatic carbocycles. The van der Waals surface area contributed by atoms with Crippen LogP contribution in [0.15, 0.2) is 5.03 Å². The normalized spacial score (nSPS) is 12.9. The Hall–Kier alpha value is -0.770. The van der Waals surface area contributed by atoms with Crippen LogP contribution in [0.25, 0.3) is 0 Å². The molecule has 0 aliphatic carbocycles. The number of hydrogen-bond acceptors (Lipinski definition) is 4. The zero-order valence-electron chi connectivity index (χ0n) is 11.7. The van der Waals surface area contributed by atoms with Gasteiger partial charge in [-0.15, -0.1) is 11.8 Å². The quantitative estimate of drug-likeness (QED) is 0.639. The molecule has 1 unspecified atom stereocenters. The van der Waals surface area contributed by atoms with Crippen LogP contribution in [0.2, 0.25) is 0 Å². The fourth-order valence-electron chi connectivity index (χ4n) is 1.40. The summed E-state index contributed by atoms with van der Waals surface area (Å²) in [6.45, 7) is 10.8. The average Bonchev–Trinajstić information content (AvgIpc) is 2.31. The predicted octanol–water partition coefficient (Wildman–Crippen LogP) is 3.84. The van der Waals surface area contributed by atoms with Gasteiger partial charge < -0.3 is 5.32 Å². The second kappa shape index (κ2) is 6.24. The fraction of sp³-hybridized carbons (Fsp3) is 0.692. The molecule has 1 heterocycles. The van der Waals surface area contributed by atoms with Crippen LogP contribution in [0.5, 0.6) is 0 Å². The van der Waals surface area contributed by atoms with E-state index in [1.165, 1.54) is 0 Å². The van der Waals surface area contributed by atoms with Gasteiger partial charge in [-0.2, -0.15) is 0 Å². The van der Waals surface area contributed by atoms with E-state index in [1.54, 1.807) is 0 Å². The Morgan fingerprint density at radius 3 is 2.35 bits per heavy atom.